The van der Waals surface area contributed by atoms with Crippen LogP contribution in [0.1, 0.15) is 23.8 Å². The Bertz CT molecular complexity index is 554. The molecular formula is C12H9ClO2. The molecule has 1 aromatic heterocycles. The van der Waals surface area contributed by atoms with Crippen molar-refractivity contribution in [2.45, 2.75) is 12.5 Å². The quantitative estimate of drug-likeness (QED) is 0.737. The minimum Gasteiger partial charge on any atom is -0.458 e. The van der Waals surface area contributed by atoms with E-state index in [9.17, 15) is 5.11 Å². The van der Waals surface area contributed by atoms with Gasteiger partial charge >= 0.3 is 0 Å². The van der Waals surface area contributed by atoms with Crippen LogP contribution in [-0.4, -0.2) is 5.11 Å². The molecule has 1 N–H and O–H groups in total. The van der Waals surface area contributed by atoms with Gasteiger partial charge in [-0.05, 0) is 18.6 Å². The number of hydrogen-bond donors (Lipinski definition) is 1. The lowest BCUT2D eigenvalue weighted by molar-refractivity contribution is 0.154. The minimum atomic E-state index is -0.531. The van der Waals surface area contributed by atoms with E-state index < -0.39 is 6.10 Å². The molecule has 1 aromatic carbocycles. The Labute approximate surface area is 91.8 Å². The van der Waals surface area contributed by atoms with Crippen LogP contribution in [0.5, 0.6) is 0 Å². The summed E-state index contributed by atoms with van der Waals surface area (Å²) in [6, 6.07) is 5.52. The van der Waals surface area contributed by atoms with Crippen molar-refractivity contribution in [1.29, 1.82) is 0 Å². The maximum absolute atomic E-state index is 9.75. The van der Waals surface area contributed by atoms with Gasteiger partial charge in [-0.25, -0.2) is 0 Å². The van der Waals surface area contributed by atoms with Gasteiger partial charge < -0.3 is 9.52 Å². The Balaban J connectivity index is 2.36. The normalized spacial score (nSPS) is 19.5. The van der Waals surface area contributed by atoms with E-state index in [2.05, 4.69) is 0 Å². The molecule has 0 bridgehead atoms. The first-order valence-corrected chi connectivity index (χ1v) is 5.20. The van der Waals surface area contributed by atoms with Gasteiger partial charge in [0.15, 0.2) is 0 Å². The number of benzene rings is 1. The van der Waals surface area contributed by atoms with Crippen LogP contribution in [-0.2, 0) is 0 Å². The number of halogens is 1. The van der Waals surface area contributed by atoms with E-state index in [1.165, 1.54) is 0 Å². The molecule has 0 aliphatic heterocycles. The van der Waals surface area contributed by atoms with E-state index in [0.29, 0.717) is 17.2 Å². The van der Waals surface area contributed by atoms with E-state index in [0.717, 1.165) is 16.5 Å². The Hall–Kier alpha value is -1.25. The molecule has 1 heterocycles. The van der Waals surface area contributed by atoms with Gasteiger partial charge in [0, 0.05) is 22.0 Å². The highest BCUT2D eigenvalue weighted by Crippen LogP contribution is 2.36. The number of aliphatic hydroxyl groups excluding tert-OH is 1. The zero-order valence-electron chi connectivity index (χ0n) is 7.90. The molecule has 0 saturated heterocycles. The van der Waals surface area contributed by atoms with Gasteiger partial charge in [0.25, 0.3) is 0 Å². The molecule has 0 saturated carbocycles. The third-order valence-corrected chi connectivity index (χ3v) is 2.90. The van der Waals surface area contributed by atoms with Crippen LogP contribution in [0.4, 0.5) is 0 Å². The Kier molecular flexibility index (Phi) is 1.87. The molecule has 76 valence electrons. The van der Waals surface area contributed by atoms with Crippen molar-refractivity contribution in [1.82, 2.24) is 0 Å². The Morgan fingerprint density at radius 1 is 1.40 bits per heavy atom. The Morgan fingerprint density at radius 3 is 3.13 bits per heavy atom. The fraction of sp³-hybridized carbons (Fsp3) is 0.167. The van der Waals surface area contributed by atoms with Crippen LogP contribution >= 0.6 is 11.6 Å². The molecule has 2 aromatic rings. The van der Waals surface area contributed by atoms with E-state index in [1.807, 2.05) is 24.3 Å². The summed E-state index contributed by atoms with van der Waals surface area (Å²) < 4.78 is 5.60. The molecule has 0 fully saturated rings. The number of hydrogen-bond acceptors (Lipinski definition) is 2. The molecule has 0 amide bonds. The third-order valence-electron chi connectivity index (χ3n) is 2.67. The first-order chi connectivity index (χ1) is 7.25. The second-order valence-electron chi connectivity index (χ2n) is 3.67. The molecular weight excluding hydrogens is 212 g/mol. The molecule has 1 atom stereocenters. The van der Waals surface area contributed by atoms with Crippen LogP contribution in [0.3, 0.4) is 0 Å². The van der Waals surface area contributed by atoms with Crippen LogP contribution in [0.15, 0.2) is 28.7 Å². The summed E-state index contributed by atoms with van der Waals surface area (Å²) in [5, 5.41) is 11.4. The average molecular weight is 221 g/mol. The van der Waals surface area contributed by atoms with Crippen LogP contribution in [0.25, 0.3) is 17.0 Å². The lowest BCUT2D eigenvalue weighted by atomic mass is 10.0. The lowest BCUT2D eigenvalue weighted by Crippen LogP contribution is -1.99. The van der Waals surface area contributed by atoms with Gasteiger partial charge in [-0.15, -0.1) is 0 Å². The van der Waals surface area contributed by atoms with Crippen molar-refractivity contribution in [3.63, 3.8) is 0 Å². The Morgan fingerprint density at radius 2 is 2.27 bits per heavy atom. The van der Waals surface area contributed by atoms with Crippen LogP contribution in [0.2, 0.25) is 5.02 Å². The number of furan rings is 1. The minimum absolute atomic E-state index is 0.531. The largest absolute Gasteiger partial charge is 0.458 e. The summed E-state index contributed by atoms with van der Waals surface area (Å²) in [4.78, 5) is 0. The van der Waals surface area contributed by atoms with Gasteiger partial charge in [0.05, 0.1) is 0 Å². The maximum atomic E-state index is 9.75. The van der Waals surface area contributed by atoms with Gasteiger partial charge in [-0.1, -0.05) is 23.8 Å². The van der Waals surface area contributed by atoms with Crippen molar-refractivity contribution >= 4 is 28.6 Å². The molecule has 2 nitrogen and oxygen atoms in total. The van der Waals surface area contributed by atoms with Gasteiger partial charge in [-0.3, -0.25) is 0 Å². The third kappa shape index (κ3) is 1.29. The smallest absolute Gasteiger partial charge is 0.141 e. The first kappa shape index (κ1) is 9.01. The zero-order chi connectivity index (χ0) is 10.4. The molecule has 1 aliphatic rings. The molecule has 3 heteroatoms. The SMILES string of the molecule is OC1CC=Cc2c1oc1cc(Cl)ccc21. The van der Waals surface area contributed by atoms with Gasteiger partial charge in [0.2, 0.25) is 0 Å². The molecule has 1 aliphatic carbocycles. The molecule has 0 radical (unpaired) electrons. The monoisotopic (exact) mass is 220 g/mol. The van der Waals surface area contributed by atoms with Crippen LogP contribution < -0.4 is 0 Å². The lowest BCUT2D eigenvalue weighted by Gasteiger charge is -2.09. The zero-order valence-corrected chi connectivity index (χ0v) is 8.66. The second-order valence-corrected chi connectivity index (χ2v) is 4.11. The standard InChI is InChI=1S/C12H9ClO2/c13-7-4-5-8-9-2-1-3-10(14)12(9)15-11(8)6-7/h1-2,4-6,10,14H,3H2. The topological polar surface area (TPSA) is 33.4 Å². The highest BCUT2D eigenvalue weighted by molar-refractivity contribution is 6.31. The fourth-order valence-electron chi connectivity index (χ4n) is 1.95. The predicted octanol–water partition coefficient (Wildman–Crippen LogP) is 3.54. The number of fused-ring (bicyclic) bond motifs is 3. The summed E-state index contributed by atoms with van der Waals surface area (Å²) >= 11 is 5.88. The van der Waals surface area contributed by atoms with E-state index in [-0.39, 0.29) is 0 Å². The van der Waals surface area contributed by atoms with Gasteiger partial charge in [0.1, 0.15) is 17.4 Å². The summed E-state index contributed by atoms with van der Waals surface area (Å²) in [5.74, 6) is 0.648. The van der Waals surface area contributed by atoms with E-state index in [1.54, 1.807) is 6.07 Å². The highest BCUT2D eigenvalue weighted by atomic mass is 35.5. The summed E-state index contributed by atoms with van der Waals surface area (Å²) in [7, 11) is 0. The molecule has 0 spiro atoms. The highest BCUT2D eigenvalue weighted by Gasteiger charge is 2.21. The van der Waals surface area contributed by atoms with E-state index >= 15 is 0 Å². The summed E-state index contributed by atoms with van der Waals surface area (Å²) in [6.07, 6.45) is 4.02. The molecule has 1 unspecified atom stereocenters. The van der Waals surface area contributed by atoms with Crippen molar-refractivity contribution < 1.29 is 9.52 Å². The first-order valence-electron chi connectivity index (χ1n) is 4.82. The second kappa shape index (κ2) is 3.12. The number of rotatable bonds is 0. The average Bonchev–Trinajstić information content (AvgIpc) is 2.57. The molecule has 3 rings (SSSR count). The van der Waals surface area contributed by atoms with E-state index in [4.69, 9.17) is 16.0 Å². The summed E-state index contributed by atoms with van der Waals surface area (Å²) in [6.45, 7) is 0. The fourth-order valence-corrected chi connectivity index (χ4v) is 2.11. The molecule has 15 heavy (non-hydrogen) atoms. The summed E-state index contributed by atoms with van der Waals surface area (Å²) in [5.41, 5.74) is 1.71. The van der Waals surface area contributed by atoms with Crippen molar-refractivity contribution in [2.24, 2.45) is 0 Å². The maximum Gasteiger partial charge on any atom is 0.141 e. The van der Waals surface area contributed by atoms with Crippen LogP contribution in [0, 0.1) is 0 Å². The van der Waals surface area contributed by atoms with Crippen molar-refractivity contribution in [2.75, 3.05) is 0 Å². The van der Waals surface area contributed by atoms with Crippen molar-refractivity contribution in [3.8, 4) is 0 Å². The van der Waals surface area contributed by atoms with Crippen molar-refractivity contribution in [3.05, 3.63) is 40.6 Å². The van der Waals surface area contributed by atoms with Gasteiger partial charge in [-0.2, -0.15) is 0 Å². The predicted molar refractivity (Wildman–Crippen MR) is 59.8 cm³/mol. The number of aliphatic hydroxyl groups is 1.